The van der Waals surface area contributed by atoms with Crippen molar-refractivity contribution in [2.24, 2.45) is 11.8 Å². The highest BCUT2D eigenvalue weighted by Crippen LogP contribution is 2.59. The Morgan fingerprint density at radius 3 is 2.74 bits per heavy atom. The van der Waals surface area contributed by atoms with Gasteiger partial charge < -0.3 is 10.6 Å². The van der Waals surface area contributed by atoms with Gasteiger partial charge in [0.25, 0.3) is 5.91 Å². The molecule has 2 amide bonds. The molecule has 0 bridgehead atoms. The minimum atomic E-state index is -0.904. The first kappa shape index (κ1) is 19.3. The third-order valence-corrected chi connectivity index (χ3v) is 6.04. The summed E-state index contributed by atoms with van der Waals surface area (Å²) >= 11 is 0. The largest absolute Gasteiger partial charge is 0.337 e. The van der Waals surface area contributed by atoms with Crippen molar-refractivity contribution in [3.63, 3.8) is 0 Å². The summed E-state index contributed by atoms with van der Waals surface area (Å²) in [5.74, 6) is -2.75. The van der Waals surface area contributed by atoms with Crippen LogP contribution in [0.3, 0.4) is 0 Å². The third-order valence-electron chi connectivity index (χ3n) is 6.04. The molecule has 2 aromatic carbocycles. The van der Waals surface area contributed by atoms with Crippen molar-refractivity contribution in [2.45, 2.75) is 25.3 Å². The Balaban J connectivity index is 1.34. The lowest BCUT2D eigenvalue weighted by Crippen LogP contribution is -2.45. The van der Waals surface area contributed by atoms with Crippen LogP contribution >= 0.6 is 0 Å². The number of carbonyl (C=O) groups is 2. The fraction of sp³-hybridized carbons (Fsp3) is 0.273. The molecule has 1 aromatic heterocycles. The first-order chi connectivity index (χ1) is 14.9. The number of nitrogens with zero attached hydrogens (tertiary/aromatic N) is 2. The quantitative estimate of drug-likeness (QED) is 0.601. The fourth-order valence-electron chi connectivity index (χ4n) is 4.49. The Morgan fingerprint density at radius 1 is 1.19 bits per heavy atom. The first-order valence-corrected chi connectivity index (χ1v) is 9.98. The Kier molecular flexibility index (Phi) is 4.53. The molecule has 4 atom stereocenters. The van der Waals surface area contributed by atoms with Crippen molar-refractivity contribution in [3.8, 4) is 0 Å². The van der Waals surface area contributed by atoms with E-state index in [1.165, 1.54) is 6.07 Å². The van der Waals surface area contributed by atoms with Crippen LogP contribution in [0.2, 0.25) is 0 Å². The van der Waals surface area contributed by atoms with Gasteiger partial charge in [0.15, 0.2) is 0 Å². The Bertz CT molecular complexity index is 1180. The van der Waals surface area contributed by atoms with Gasteiger partial charge in [0, 0.05) is 12.5 Å². The lowest BCUT2D eigenvalue weighted by Gasteiger charge is -2.17. The van der Waals surface area contributed by atoms with Crippen molar-refractivity contribution in [1.29, 1.82) is 0 Å². The van der Waals surface area contributed by atoms with E-state index < -0.39 is 29.5 Å². The van der Waals surface area contributed by atoms with E-state index in [0.717, 1.165) is 11.6 Å². The number of rotatable bonds is 4. The van der Waals surface area contributed by atoms with E-state index in [1.807, 2.05) is 37.3 Å². The molecule has 3 aromatic rings. The minimum absolute atomic E-state index is 0.0166. The average molecular weight is 423 g/mol. The van der Waals surface area contributed by atoms with Gasteiger partial charge in [0.05, 0.1) is 5.69 Å². The summed E-state index contributed by atoms with van der Waals surface area (Å²) in [6, 6.07) is 10.7. The smallest absolute Gasteiger partial charge is 0.291 e. The van der Waals surface area contributed by atoms with Gasteiger partial charge in [-0.2, -0.15) is 0 Å². The molecule has 0 radical (unpaired) electrons. The van der Waals surface area contributed by atoms with Crippen LogP contribution in [0.15, 0.2) is 42.5 Å². The molecule has 1 saturated carbocycles. The molecule has 31 heavy (non-hydrogen) atoms. The maximum Gasteiger partial charge on any atom is 0.291 e. The fourth-order valence-corrected chi connectivity index (χ4v) is 4.49. The predicted molar refractivity (Wildman–Crippen MR) is 107 cm³/mol. The topological polar surface area (TPSA) is 99.8 Å². The number of nitrogens with one attached hydrogen (secondary N) is 3. The van der Waals surface area contributed by atoms with E-state index in [0.29, 0.717) is 17.8 Å². The number of hydrogen-bond acceptors (Lipinski definition) is 4. The first-order valence-electron chi connectivity index (χ1n) is 9.98. The molecule has 1 fully saturated rings. The Morgan fingerprint density at radius 2 is 1.97 bits per heavy atom. The summed E-state index contributed by atoms with van der Waals surface area (Å²) < 4.78 is 28.0. The average Bonchev–Trinajstić information content (AvgIpc) is 3.20. The second-order valence-corrected chi connectivity index (χ2v) is 8.02. The number of benzene rings is 2. The third kappa shape index (κ3) is 3.45. The van der Waals surface area contributed by atoms with Crippen LogP contribution in [0.4, 0.5) is 14.5 Å². The summed E-state index contributed by atoms with van der Waals surface area (Å²) in [6.45, 7) is 1.89. The molecule has 3 N–H and O–H groups in total. The van der Waals surface area contributed by atoms with Gasteiger partial charge in [0.2, 0.25) is 11.7 Å². The number of H-pyrrole nitrogens is 1. The summed E-state index contributed by atoms with van der Waals surface area (Å²) in [5, 5.41) is 11.9. The zero-order chi connectivity index (χ0) is 21.7. The van der Waals surface area contributed by atoms with E-state index in [4.69, 9.17) is 0 Å². The van der Waals surface area contributed by atoms with Crippen LogP contribution in [0.5, 0.6) is 0 Å². The maximum atomic E-state index is 14.3. The summed E-state index contributed by atoms with van der Waals surface area (Å²) in [4.78, 5) is 29.7. The van der Waals surface area contributed by atoms with Crippen LogP contribution < -0.4 is 10.6 Å². The molecule has 2 aliphatic rings. The van der Waals surface area contributed by atoms with E-state index in [9.17, 15) is 18.4 Å². The highest BCUT2D eigenvalue weighted by Gasteiger charge is 2.57. The van der Waals surface area contributed by atoms with Crippen molar-refractivity contribution in [1.82, 2.24) is 20.5 Å². The molecule has 0 saturated heterocycles. The van der Waals surface area contributed by atoms with Gasteiger partial charge in [-0.15, -0.1) is 5.10 Å². The molecular weight excluding hydrogens is 404 g/mol. The number of amides is 2. The molecule has 3 unspecified atom stereocenters. The summed E-state index contributed by atoms with van der Waals surface area (Å²) in [7, 11) is 0. The predicted octanol–water partition coefficient (Wildman–Crippen LogP) is 2.77. The molecule has 2 heterocycles. The number of anilines is 1. The summed E-state index contributed by atoms with van der Waals surface area (Å²) in [6.07, 6.45) is 0.479. The molecule has 9 heteroatoms. The summed E-state index contributed by atoms with van der Waals surface area (Å²) in [5.41, 5.74) is 1.41. The standard InChI is InChI=1S/C22H19F2N5O2/c1-10-16-13-8-12(23)9-14(24)18(13)26-21(30)19(17(10)16)27-22(31)20-25-15(28-29-20)7-11-5-3-2-4-6-11/h2-6,8-10,16-17,19H,7H2,1H3,(H,26,30)(H,27,31)(H,25,28,29)/t10?,16?,17?,19-/m0/s1. The molecule has 1 aliphatic heterocycles. The SMILES string of the molecule is CC1C2c3cc(F)cc(F)c3NC(=O)[C@@H](NC(=O)c3n[nH]c(Cc4ccccc4)n3)C12. The zero-order valence-corrected chi connectivity index (χ0v) is 16.5. The lowest BCUT2D eigenvalue weighted by atomic mass is 10.0. The molecule has 5 rings (SSSR count). The van der Waals surface area contributed by atoms with Crippen LogP contribution in [0.1, 0.15) is 40.4 Å². The van der Waals surface area contributed by atoms with Crippen LogP contribution in [0, 0.1) is 23.5 Å². The maximum absolute atomic E-state index is 14.3. The Labute approximate surface area is 176 Å². The van der Waals surface area contributed by atoms with Crippen molar-refractivity contribution in [2.75, 3.05) is 5.32 Å². The number of carbonyl (C=O) groups excluding carboxylic acids is 2. The van der Waals surface area contributed by atoms with Crippen LogP contribution in [-0.2, 0) is 11.2 Å². The number of aromatic nitrogens is 3. The van der Waals surface area contributed by atoms with Crippen molar-refractivity contribution >= 4 is 17.5 Å². The second kappa shape index (κ2) is 7.26. The van der Waals surface area contributed by atoms with Gasteiger partial charge in [-0.25, -0.2) is 13.8 Å². The molecule has 158 valence electrons. The highest BCUT2D eigenvalue weighted by molar-refractivity contribution is 6.02. The minimum Gasteiger partial charge on any atom is -0.337 e. The number of hydrogen-bond donors (Lipinski definition) is 3. The monoisotopic (exact) mass is 423 g/mol. The van der Waals surface area contributed by atoms with E-state index in [-0.39, 0.29) is 29.3 Å². The van der Waals surface area contributed by atoms with Crippen molar-refractivity contribution < 1.29 is 18.4 Å². The van der Waals surface area contributed by atoms with Gasteiger partial charge in [-0.3, -0.25) is 14.7 Å². The van der Waals surface area contributed by atoms with Crippen molar-refractivity contribution in [3.05, 3.63) is 76.9 Å². The van der Waals surface area contributed by atoms with Gasteiger partial charge in [0.1, 0.15) is 23.5 Å². The van der Waals surface area contributed by atoms with Crippen LogP contribution in [0.25, 0.3) is 0 Å². The molecule has 7 nitrogen and oxygen atoms in total. The molecular formula is C22H19F2N5O2. The van der Waals surface area contributed by atoms with E-state index in [1.54, 1.807) is 0 Å². The highest BCUT2D eigenvalue weighted by atomic mass is 19.1. The number of halogens is 2. The Hall–Kier alpha value is -3.62. The molecule has 0 spiro atoms. The lowest BCUT2D eigenvalue weighted by molar-refractivity contribution is -0.118. The van der Waals surface area contributed by atoms with Crippen LogP contribution in [-0.4, -0.2) is 33.0 Å². The second-order valence-electron chi connectivity index (χ2n) is 8.02. The normalized spacial score (nSPS) is 23.9. The number of fused-ring (bicyclic) bond motifs is 3. The molecule has 1 aliphatic carbocycles. The number of aromatic amines is 1. The van der Waals surface area contributed by atoms with Gasteiger partial charge in [-0.1, -0.05) is 37.3 Å². The van der Waals surface area contributed by atoms with Gasteiger partial charge in [-0.05, 0) is 34.9 Å². The van der Waals surface area contributed by atoms with E-state index in [2.05, 4.69) is 25.8 Å². The van der Waals surface area contributed by atoms with Gasteiger partial charge >= 0.3 is 0 Å². The van der Waals surface area contributed by atoms with E-state index >= 15 is 0 Å². The zero-order valence-electron chi connectivity index (χ0n) is 16.5.